The Hall–Kier alpha value is -3.01. The molecule has 1 aliphatic rings. The lowest BCUT2D eigenvalue weighted by Crippen LogP contribution is -2.47. The summed E-state index contributed by atoms with van der Waals surface area (Å²) in [5, 5.41) is 7.60. The van der Waals surface area contributed by atoms with Crippen LogP contribution in [0.2, 0.25) is 0 Å². The molecule has 1 fully saturated rings. The zero-order valence-electron chi connectivity index (χ0n) is 17.3. The quantitative estimate of drug-likeness (QED) is 0.462. The summed E-state index contributed by atoms with van der Waals surface area (Å²) < 4.78 is 8.36. The van der Waals surface area contributed by atoms with Crippen molar-refractivity contribution in [3.8, 4) is 16.3 Å². The van der Waals surface area contributed by atoms with E-state index in [-0.39, 0.29) is 5.69 Å². The number of methoxy groups -OCH3 is 1. The number of benzene rings is 1. The van der Waals surface area contributed by atoms with E-state index in [1.165, 1.54) is 0 Å². The molecule has 0 bridgehead atoms. The Kier molecular flexibility index (Phi) is 5.54. The molecule has 4 aromatic rings. The van der Waals surface area contributed by atoms with Gasteiger partial charge >= 0.3 is 5.69 Å². The molecular formula is C22H24N6O2S. The first-order valence-electron chi connectivity index (χ1n) is 10.3. The minimum atomic E-state index is -0.0911. The molecule has 0 aliphatic carbocycles. The summed E-state index contributed by atoms with van der Waals surface area (Å²) >= 11 is 1.67. The van der Waals surface area contributed by atoms with Gasteiger partial charge in [-0.1, -0.05) is 6.07 Å². The molecule has 1 aliphatic heterocycles. The Morgan fingerprint density at radius 1 is 1.03 bits per heavy atom. The molecular weight excluding hydrogens is 412 g/mol. The lowest BCUT2D eigenvalue weighted by atomic mass is 10.2. The Labute approximate surface area is 183 Å². The fourth-order valence-corrected chi connectivity index (χ4v) is 4.63. The maximum absolute atomic E-state index is 12.5. The highest BCUT2D eigenvalue weighted by Gasteiger charge is 2.19. The maximum atomic E-state index is 12.5. The predicted octanol–water partition coefficient (Wildman–Crippen LogP) is 2.40. The smallest absolute Gasteiger partial charge is 0.351 e. The minimum Gasteiger partial charge on any atom is -0.497 e. The van der Waals surface area contributed by atoms with Crippen LogP contribution in [-0.2, 0) is 13.2 Å². The van der Waals surface area contributed by atoms with E-state index in [0.717, 1.165) is 54.7 Å². The molecule has 0 radical (unpaired) electrons. The van der Waals surface area contributed by atoms with Crippen LogP contribution in [0.1, 0.15) is 5.69 Å². The number of rotatable bonds is 6. The van der Waals surface area contributed by atoms with Gasteiger partial charge in [-0.15, -0.1) is 16.4 Å². The normalized spacial score (nSPS) is 15.5. The Morgan fingerprint density at radius 3 is 2.55 bits per heavy atom. The summed E-state index contributed by atoms with van der Waals surface area (Å²) in [4.78, 5) is 22.0. The molecule has 1 saturated heterocycles. The van der Waals surface area contributed by atoms with Gasteiger partial charge in [-0.05, 0) is 36.4 Å². The lowest BCUT2D eigenvalue weighted by molar-refractivity contribution is 0.0969. The van der Waals surface area contributed by atoms with Crippen molar-refractivity contribution in [1.82, 2.24) is 29.0 Å². The molecule has 0 saturated carbocycles. The van der Waals surface area contributed by atoms with Gasteiger partial charge in [-0.25, -0.2) is 9.78 Å². The van der Waals surface area contributed by atoms with Crippen LogP contribution in [0.4, 0.5) is 0 Å². The average molecular weight is 437 g/mol. The van der Waals surface area contributed by atoms with Crippen molar-refractivity contribution in [1.29, 1.82) is 0 Å². The SMILES string of the molecule is COc1ccc(-c2nc(CN3CCN(Cn4nc5ccccn5c4=O)CC3)cs2)cc1. The van der Waals surface area contributed by atoms with Gasteiger partial charge in [-0.3, -0.25) is 14.2 Å². The summed E-state index contributed by atoms with van der Waals surface area (Å²) in [5.74, 6) is 0.851. The second-order valence-electron chi connectivity index (χ2n) is 7.62. The van der Waals surface area contributed by atoms with Gasteiger partial charge < -0.3 is 4.74 Å². The van der Waals surface area contributed by atoms with Crippen LogP contribution in [0, 0.1) is 0 Å². The predicted molar refractivity (Wildman–Crippen MR) is 120 cm³/mol. The van der Waals surface area contributed by atoms with Crippen LogP contribution in [0.3, 0.4) is 0 Å². The van der Waals surface area contributed by atoms with Crippen molar-refractivity contribution in [2.24, 2.45) is 0 Å². The van der Waals surface area contributed by atoms with Crippen molar-refractivity contribution in [2.45, 2.75) is 13.2 Å². The molecule has 9 heteroatoms. The standard InChI is InChI=1S/C22H24N6O2S/c1-30-19-7-5-17(6-8-19)21-23-18(15-31-21)14-25-10-12-26(13-11-25)16-28-22(29)27-9-3-2-4-20(27)24-28/h2-9,15H,10-14,16H2,1H3. The Morgan fingerprint density at radius 2 is 1.81 bits per heavy atom. The third-order valence-electron chi connectivity index (χ3n) is 5.56. The van der Waals surface area contributed by atoms with E-state index in [9.17, 15) is 4.79 Å². The molecule has 3 aromatic heterocycles. The number of thiazole rings is 1. The van der Waals surface area contributed by atoms with E-state index in [1.807, 2.05) is 42.5 Å². The number of piperazine rings is 1. The third-order valence-corrected chi connectivity index (χ3v) is 6.50. The fraction of sp³-hybridized carbons (Fsp3) is 0.318. The second-order valence-corrected chi connectivity index (χ2v) is 8.48. The summed E-state index contributed by atoms with van der Waals surface area (Å²) in [6.45, 7) is 5.04. The van der Waals surface area contributed by atoms with Gasteiger partial charge in [-0.2, -0.15) is 4.68 Å². The number of fused-ring (bicyclic) bond motifs is 1. The molecule has 0 amide bonds. The van der Waals surface area contributed by atoms with Crippen LogP contribution in [0.15, 0.2) is 58.8 Å². The van der Waals surface area contributed by atoms with Crippen LogP contribution in [0.25, 0.3) is 16.2 Å². The number of hydrogen-bond acceptors (Lipinski definition) is 7. The molecule has 1 aromatic carbocycles. The molecule has 0 spiro atoms. The van der Waals surface area contributed by atoms with Crippen molar-refractivity contribution in [2.75, 3.05) is 33.3 Å². The van der Waals surface area contributed by atoms with E-state index in [4.69, 9.17) is 9.72 Å². The van der Waals surface area contributed by atoms with E-state index in [0.29, 0.717) is 12.3 Å². The summed E-state index contributed by atoms with van der Waals surface area (Å²) in [5.41, 5.74) is 2.80. The zero-order chi connectivity index (χ0) is 21.2. The third kappa shape index (κ3) is 4.25. The first-order chi connectivity index (χ1) is 15.2. The Bertz CT molecular complexity index is 1220. The molecule has 160 valence electrons. The zero-order valence-corrected chi connectivity index (χ0v) is 18.2. The lowest BCUT2D eigenvalue weighted by Gasteiger charge is -2.33. The molecule has 4 heterocycles. The van der Waals surface area contributed by atoms with E-state index >= 15 is 0 Å². The molecule has 8 nitrogen and oxygen atoms in total. The molecule has 31 heavy (non-hydrogen) atoms. The minimum absolute atomic E-state index is 0.0911. The van der Waals surface area contributed by atoms with Crippen LogP contribution in [-0.4, -0.2) is 62.3 Å². The average Bonchev–Trinajstić information content (AvgIpc) is 3.40. The number of ether oxygens (including phenoxy) is 1. The van der Waals surface area contributed by atoms with Gasteiger partial charge in [0.15, 0.2) is 5.65 Å². The number of pyridine rings is 1. The molecule has 0 N–H and O–H groups in total. The van der Waals surface area contributed by atoms with Gasteiger partial charge in [0, 0.05) is 49.9 Å². The van der Waals surface area contributed by atoms with Gasteiger partial charge in [0.1, 0.15) is 10.8 Å². The largest absolute Gasteiger partial charge is 0.497 e. The van der Waals surface area contributed by atoms with E-state index in [2.05, 4.69) is 20.3 Å². The summed E-state index contributed by atoms with van der Waals surface area (Å²) in [7, 11) is 1.67. The van der Waals surface area contributed by atoms with Gasteiger partial charge in [0.25, 0.3) is 0 Å². The summed E-state index contributed by atoms with van der Waals surface area (Å²) in [6.07, 6.45) is 1.76. The van der Waals surface area contributed by atoms with E-state index in [1.54, 1.807) is 33.7 Å². The molecule has 5 rings (SSSR count). The molecule has 0 atom stereocenters. The van der Waals surface area contributed by atoms with E-state index < -0.39 is 0 Å². The van der Waals surface area contributed by atoms with Crippen LogP contribution < -0.4 is 10.4 Å². The highest BCUT2D eigenvalue weighted by Crippen LogP contribution is 2.26. The highest BCUT2D eigenvalue weighted by atomic mass is 32.1. The number of hydrogen-bond donors (Lipinski definition) is 0. The van der Waals surface area contributed by atoms with Gasteiger partial charge in [0.2, 0.25) is 0 Å². The first kappa shape index (κ1) is 19.9. The van der Waals surface area contributed by atoms with Crippen molar-refractivity contribution in [3.05, 3.63) is 70.2 Å². The number of aromatic nitrogens is 4. The topological polar surface area (TPSA) is 67.9 Å². The van der Waals surface area contributed by atoms with Crippen LogP contribution in [0.5, 0.6) is 5.75 Å². The number of nitrogens with zero attached hydrogens (tertiary/aromatic N) is 6. The van der Waals surface area contributed by atoms with Gasteiger partial charge in [0.05, 0.1) is 19.5 Å². The Balaban J connectivity index is 1.17. The second kappa shape index (κ2) is 8.62. The molecule has 0 unspecified atom stereocenters. The first-order valence-corrected chi connectivity index (χ1v) is 11.2. The van der Waals surface area contributed by atoms with Crippen molar-refractivity contribution in [3.63, 3.8) is 0 Å². The maximum Gasteiger partial charge on any atom is 0.351 e. The fourth-order valence-electron chi connectivity index (χ4n) is 3.81. The summed E-state index contributed by atoms with van der Waals surface area (Å²) in [6, 6.07) is 13.6. The highest BCUT2D eigenvalue weighted by molar-refractivity contribution is 7.13. The van der Waals surface area contributed by atoms with Crippen molar-refractivity contribution < 1.29 is 4.74 Å². The van der Waals surface area contributed by atoms with Crippen LogP contribution >= 0.6 is 11.3 Å². The van der Waals surface area contributed by atoms with Crippen molar-refractivity contribution >= 4 is 17.0 Å². The monoisotopic (exact) mass is 436 g/mol.